The van der Waals surface area contributed by atoms with Crippen LogP contribution in [0.15, 0.2) is 72.8 Å². The number of ether oxygens (including phenoxy) is 2. The lowest BCUT2D eigenvalue weighted by Gasteiger charge is -2.17. The number of hydrogen-bond acceptors (Lipinski definition) is 4. The van der Waals surface area contributed by atoms with E-state index in [0.717, 1.165) is 11.1 Å². The molecule has 0 aliphatic rings. The highest BCUT2D eigenvalue weighted by atomic mass is 35.5. The van der Waals surface area contributed by atoms with E-state index >= 15 is 0 Å². The smallest absolute Gasteiger partial charge is 0.266 e. The number of anilines is 1. The Morgan fingerprint density at radius 2 is 1.94 bits per heavy atom. The van der Waals surface area contributed by atoms with E-state index < -0.39 is 5.91 Å². The summed E-state index contributed by atoms with van der Waals surface area (Å²) in [5.41, 5.74) is 2.97. The second-order valence-corrected chi connectivity index (χ2v) is 8.31. The number of aryl methyl sites for hydroxylation is 1. The van der Waals surface area contributed by atoms with E-state index in [9.17, 15) is 14.4 Å². The molecule has 0 saturated carbocycles. The largest absolute Gasteiger partial charge is 0.490 e. The Hall–Kier alpha value is -4.08. The molecular formula is C29H26ClFN2O3. The van der Waals surface area contributed by atoms with Gasteiger partial charge >= 0.3 is 0 Å². The lowest BCUT2D eigenvalue weighted by Crippen LogP contribution is -2.13. The first kappa shape index (κ1) is 26.5. The van der Waals surface area contributed by atoms with Crippen LogP contribution < -0.4 is 14.8 Å². The average Bonchev–Trinajstić information content (AvgIpc) is 2.85. The molecule has 3 aromatic carbocycles. The number of carbonyl (C=O) groups is 1. The zero-order valence-corrected chi connectivity index (χ0v) is 20.9. The fourth-order valence-corrected chi connectivity index (χ4v) is 3.63. The van der Waals surface area contributed by atoms with Gasteiger partial charge in [-0.25, -0.2) is 4.39 Å². The lowest BCUT2D eigenvalue weighted by atomic mass is 10.0. The van der Waals surface area contributed by atoms with Gasteiger partial charge in [0, 0.05) is 21.8 Å². The van der Waals surface area contributed by atoms with Crippen molar-refractivity contribution < 1.29 is 18.7 Å². The van der Waals surface area contributed by atoms with Crippen LogP contribution in [0.25, 0.3) is 6.08 Å². The van der Waals surface area contributed by atoms with Gasteiger partial charge in [-0.2, -0.15) is 5.26 Å². The highest BCUT2D eigenvalue weighted by Crippen LogP contribution is 2.35. The van der Waals surface area contributed by atoms with Gasteiger partial charge in [0.15, 0.2) is 11.5 Å². The van der Waals surface area contributed by atoms with Crippen LogP contribution in [0.4, 0.5) is 10.1 Å². The molecule has 0 bridgehead atoms. The number of carbonyl (C=O) groups excluding carboxylic acids is 1. The maximum Gasteiger partial charge on any atom is 0.266 e. The van der Waals surface area contributed by atoms with Gasteiger partial charge < -0.3 is 14.8 Å². The summed E-state index contributed by atoms with van der Waals surface area (Å²) >= 11 is 6.14. The zero-order chi connectivity index (χ0) is 26.1. The molecule has 7 heteroatoms. The topological polar surface area (TPSA) is 71.4 Å². The number of nitrogens with zero attached hydrogens (tertiary/aromatic N) is 1. The van der Waals surface area contributed by atoms with Crippen LogP contribution in [0.3, 0.4) is 0 Å². The van der Waals surface area contributed by atoms with Gasteiger partial charge in [-0.15, -0.1) is 6.58 Å². The maximum absolute atomic E-state index is 14.1. The van der Waals surface area contributed by atoms with Crippen LogP contribution in [0.5, 0.6) is 11.5 Å². The number of halogens is 2. The molecule has 0 aromatic heterocycles. The maximum atomic E-state index is 14.1. The summed E-state index contributed by atoms with van der Waals surface area (Å²) in [6.45, 7) is 7.86. The number of hydrogen-bond donors (Lipinski definition) is 1. The molecule has 0 atom stereocenters. The van der Waals surface area contributed by atoms with Gasteiger partial charge in [-0.05, 0) is 67.8 Å². The Labute approximate surface area is 215 Å². The number of amides is 1. The van der Waals surface area contributed by atoms with Crippen molar-refractivity contribution in [1.82, 2.24) is 0 Å². The Kier molecular flexibility index (Phi) is 9.26. The summed E-state index contributed by atoms with van der Waals surface area (Å²) < 4.78 is 25.9. The van der Waals surface area contributed by atoms with Gasteiger partial charge in [-0.3, -0.25) is 4.79 Å². The monoisotopic (exact) mass is 504 g/mol. The van der Waals surface area contributed by atoms with Gasteiger partial charge in [-0.1, -0.05) is 41.9 Å². The minimum Gasteiger partial charge on any atom is -0.490 e. The fourth-order valence-electron chi connectivity index (χ4n) is 3.45. The molecule has 0 unspecified atom stereocenters. The predicted octanol–water partition coefficient (Wildman–Crippen LogP) is 7.04. The van der Waals surface area contributed by atoms with E-state index in [4.69, 9.17) is 21.1 Å². The lowest BCUT2D eigenvalue weighted by molar-refractivity contribution is -0.112. The molecule has 0 aliphatic carbocycles. The highest BCUT2D eigenvalue weighted by molar-refractivity contribution is 6.31. The van der Waals surface area contributed by atoms with Gasteiger partial charge in [0.2, 0.25) is 0 Å². The third-order valence-electron chi connectivity index (χ3n) is 5.25. The van der Waals surface area contributed by atoms with Crippen LogP contribution in [0, 0.1) is 24.1 Å². The van der Waals surface area contributed by atoms with Crippen molar-refractivity contribution in [1.29, 1.82) is 5.26 Å². The van der Waals surface area contributed by atoms with Crippen LogP contribution in [-0.4, -0.2) is 12.5 Å². The Morgan fingerprint density at radius 3 is 2.61 bits per heavy atom. The van der Waals surface area contributed by atoms with E-state index in [1.54, 1.807) is 54.6 Å². The van der Waals surface area contributed by atoms with Crippen LogP contribution >= 0.6 is 11.6 Å². The quantitative estimate of drug-likeness (QED) is 0.182. The summed E-state index contributed by atoms with van der Waals surface area (Å²) in [5, 5.41) is 12.9. The summed E-state index contributed by atoms with van der Waals surface area (Å²) in [5.74, 6) is -0.0581. The minimum absolute atomic E-state index is 0.0109. The van der Waals surface area contributed by atoms with Gasteiger partial charge in [0.1, 0.15) is 24.1 Å². The van der Waals surface area contributed by atoms with E-state index in [-0.39, 0.29) is 18.0 Å². The molecule has 0 saturated heterocycles. The third-order valence-corrected chi connectivity index (χ3v) is 5.66. The number of nitrogens with one attached hydrogen (secondary N) is 1. The van der Waals surface area contributed by atoms with Crippen LogP contribution in [0.1, 0.15) is 29.2 Å². The van der Waals surface area contributed by atoms with Crippen molar-refractivity contribution in [2.75, 3.05) is 11.9 Å². The summed E-state index contributed by atoms with van der Waals surface area (Å²) in [7, 11) is 0. The van der Waals surface area contributed by atoms with E-state index in [2.05, 4.69) is 11.9 Å². The van der Waals surface area contributed by atoms with Gasteiger partial charge in [0.25, 0.3) is 5.91 Å². The molecule has 0 fully saturated rings. The van der Waals surface area contributed by atoms with Crippen molar-refractivity contribution >= 4 is 29.3 Å². The third kappa shape index (κ3) is 6.74. The second kappa shape index (κ2) is 12.6. The fraction of sp³-hybridized carbons (Fsp3) is 0.172. The predicted molar refractivity (Wildman–Crippen MR) is 141 cm³/mol. The van der Waals surface area contributed by atoms with Crippen molar-refractivity contribution in [3.63, 3.8) is 0 Å². The normalized spacial score (nSPS) is 10.9. The first-order chi connectivity index (χ1) is 17.4. The standard InChI is InChI=1S/C29H26ClFN2O3/c1-4-8-21-13-20(14-23(17-32)29(34)33-24-12-11-19(3)25(30)16-24)15-27(35-5-2)28(21)36-18-22-9-6-7-10-26(22)31/h4,6-7,9-16H,1,5,8,18H2,2-3H3,(H,33,34)/b23-14-. The molecule has 3 rings (SSSR count). The SMILES string of the molecule is C=CCc1cc(/C=C(/C#N)C(=O)Nc2ccc(C)c(Cl)c2)cc(OCC)c1OCc1ccccc1F. The minimum atomic E-state index is -0.569. The number of rotatable bonds is 10. The molecule has 0 radical (unpaired) electrons. The number of benzene rings is 3. The highest BCUT2D eigenvalue weighted by Gasteiger charge is 2.16. The second-order valence-electron chi connectivity index (χ2n) is 7.90. The van der Waals surface area contributed by atoms with E-state index in [0.29, 0.717) is 46.4 Å². The molecule has 184 valence electrons. The van der Waals surface area contributed by atoms with Crippen molar-refractivity contribution in [3.05, 3.63) is 106 Å². The first-order valence-corrected chi connectivity index (χ1v) is 11.7. The van der Waals surface area contributed by atoms with Crippen molar-refractivity contribution in [2.45, 2.75) is 26.9 Å². The van der Waals surface area contributed by atoms with Crippen molar-refractivity contribution in [3.8, 4) is 17.6 Å². The molecule has 0 spiro atoms. The molecule has 36 heavy (non-hydrogen) atoms. The molecule has 0 aliphatic heterocycles. The number of allylic oxidation sites excluding steroid dienone is 1. The summed E-state index contributed by atoms with van der Waals surface area (Å²) in [4.78, 5) is 12.8. The van der Waals surface area contributed by atoms with Crippen molar-refractivity contribution in [2.24, 2.45) is 0 Å². The number of nitriles is 1. The van der Waals surface area contributed by atoms with Crippen LogP contribution in [0.2, 0.25) is 5.02 Å². The molecule has 5 nitrogen and oxygen atoms in total. The summed E-state index contributed by atoms with van der Waals surface area (Å²) in [6, 6.07) is 16.9. The zero-order valence-electron chi connectivity index (χ0n) is 20.1. The Bertz CT molecular complexity index is 1340. The molecular weight excluding hydrogens is 479 g/mol. The molecule has 0 heterocycles. The van der Waals surface area contributed by atoms with Crippen LogP contribution in [-0.2, 0) is 17.8 Å². The Balaban J connectivity index is 1.94. The molecule has 1 N–H and O–H groups in total. The average molecular weight is 505 g/mol. The first-order valence-electron chi connectivity index (χ1n) is 11.3. The molecule has 3 aromatic rings. The van der Waals surface area contributed by atoms with E-state index in [1.165, 1.54) is 12.1 Å². The summed E-state index contributed by atoms with van der Waals surface area (Å²) in [6.07, 6.45) is 3.61. The molecule has 1 amide bonds. The van der Waals surface area contributed by atoms with E-state index in [1.807, 2.05) is 19.9 Å². The Morgan fingerprint density at radius 1 is 1.17 bits per heavy atom. The van der Waals surface area contributed by atoms with Gasteiger partial charge in [0.05, 0.1) is 6.61 Å².